The summed E-state index contributed by atoms with van der Waals surface area (Å²) >= 11 is 1.41. The van der Waals surface area contributed by atoms with E-state index in [2.05, 4.69) is 9.71 Å². The molecule has 0 unspecified atom stereocenters. The molecule has 138 valence electrons. The van der Waals surface area contributed by atoms with E-state index in [0.29, 0.717) is 23.4 Å². The van der Waals surface area contributed by atoms with Crippen LogP contribution in [0.3, 0.4) is 0 Å². The summed E-state index contributed by atoms with van der Waals surface area (Å²) in [6, 6.07) is 8.80. The summed E-state index contributed by atoms with van der Waals surface area (Å²) in [4.78, 5) is 4.41. The van der Waals surface area contributed by atoms with E-state index in [-0.39, 0.29) is 17.3 Å². The molecule has 6 nitrogen and oxygen atoms in total. The molecule has 3 rings (SSSR count). The standard InChI is InChI=1S/C17H17FN2O4S2/c1-23-14-5-4-12(10-15(14)24-2)26(21,22)19-8-7-17-20-13-9-11(18)3-6-16(13)25-17/h3-6,9-10,19H,7-8H2,1-2H3. The Morgan fingerprint density at radius 2 is 1.88 bits per heavy atom. The van der Waals surface area contributed by atoms with Crippen molar-refractivity contribution in [2.24, 2.45) is 0 Å². The van der Waals surface area contributed by atoms with Crippen molar-refractivity contribution in [1.29, 1.82) is 0 Å². The maximum atomic E-state index is 13.2. The smallest absolute Gasteiger partial charge is 0.240 e. The lowest BCUT2D eigenvalue weighted by atomic mass is 10.3. The highest BCUT2D eigenvalue weighted by molar-refractivity contribution is 7.89. The molecule has 1 heterocycles. The fourth-order valence-electron chi connectivity index (χ4n) is 2.41. The quantitative estimate of drug-likeness (QED) is 0.664. The van der Waals surface area contributed by atoms with Crippen molar-refractivity contribution < 1.29 is 22.3 Å². The Kier molecular flexibility index (Phi) is 5.40. The number of benzene rings is 2. The summed E-state index contributed by atoms with van der Waals surface area (Å²) in [6.45, 7) is 0.180. The first-order chi connectivity index (χ1) is 12.4. The molecule has 0 fully saturated rings. The number of rotatable bonds is 7. The number of halogens is 1. The largest absolute Gasteiger partial charge is 0.493 e. The van der Waals surface area contributed by atoms with Crippen LogP contribution in [0.25, 0.3) is 10.2 Å². The first-order valence-electron chi connectivity index (χ1n) is 7.69. The minimum absolute atomic E-state index is 0.0847. The van der Waals surface area contributed by atoms with Gasteiger partial charge in [0, 0.05) is 25.1 Å². The van der Waals surface area contributed by atoms with Gasteiger partial charge in [0.1, 0.15) is 5.82 Å². The number of nitrogens with one attached hydrogen (secondary N) is 1. The zero-order chi connectivity index (χ0) is 18.7. The molecule has 0 aliphatic carbocycles. The lowest BCUT2D eigenvalue weighted by Crippen LogP contribution is -2.26. The van der Waals surface area contributed by atoms with Crippen LogP contribution in [0, 0.1) is 5.82 Å². The van der Waals surface area contributed by atoms with Crippen LogP contribution in [-0.4, -0.2) is 34.2 Å². The SMILES string of the molecule is COc1ccc(S(=O)(=O)NCCc2nc3cc(F)ccc3s2)cc1OC. The maximum Gasteiger partial charge on any atom is 0.240 e. The molecule has 1 N–H and O–H groups in total. The number of nitrogens with zero attached hydrogens (tertiary/aromatic N) is 1. The van der Waals surface area contributed by atoms with Crippen LogP contribution in [0.15, 0.2) is 41.3 Å². The number of hydrogen-bond donors (Lipinski definition) is 1. The molecule has 0 spiro atoms. The van der Waals surface area contributed by atoms with Crippen LogP contribution >= 0.6 is 11.3 Å². The van der Waals surface area contributed by atoms with Gasteiger partial charge in [0.15, 0.2) is 11.5 Å². The van der Waals surface area contributed by atoms with E-state index in [0.717, 1.165) is 9.71 Å². The van der Waals surface area contributed by atoms with Gasteiger partial charge in [0.05, 0.1) is 34.3 Å². The van der Waals surface area contributed by atoms with Crippen molar-refractivity contribution in [2.75, 3.05) is 20.8 Å². The number of fused-ring (bicyclic) bond motifs is 1. The van der Waals surface area contributed by atoms with E-state index in [4.69, 9.17) is 9.47 Å². The van der Waals surface area contributed by atoms with Gasteiger partial charge in [0.2, 0.25) is 10.0 Å². The van der Waals surface area contributed by atoms with Crippen molar-refractivity contribution in [1.82, 2.24) is 9.71 Å². The lowest BCUT2D eigenvalue weighted by molar-refractivity contribution is 0.354. The van der Waals surface area contributed by atoms with Crippen LogP contribution in [0.2, 0.25) is 0 Å². The maximum absolute atomic E-state index is 13.2. The Balaban J connectivity index is 1.69. The summed E-state index contributed by atoms with van der Waals surface area (Å²) in [5.74, 6) is 0.445. The summed E-state index contributed by atoms with van der Waals surface area (Å²) in [7, 11) is -0.771. The van der Waals surface area contributed by atoms with Gasteiger partial charge in [-0.25, -0.2) is 22.5 Å². The molecule has 26 heavy (non-hydrogen) atoms. The fraction of sp³-hybridized carbons (Fsp3) is 0.235. The van der Waals surface area contributed by atoms with Gasteiger partial charge in [-0.2, -0.15) is 0 Å². The molecule has 0 radical (unpaired) electrons. The monoisotopic (exact) mass is 396 g/mol. The first kappa shape index (κ1) is 18.6. The second-order valence-electron chi connectivity index (χ2n) is 5.38. The van der Waals surface area contributed by atoms with Gasteiger partial charge in [-0.3, -0.25) is 0 Å². The van der Waals surface area contributed by atoms with E-state index in [9.17, 15) is 12.8 Å². The fourth-order valence-corrected chi connectivity index (χ4v) is 4.41. The lowest BCUT2D eigenvalue weighted by Gasteiger charge is -2.10. The zero-order valence-electron chi connectivity index (χ0n) is 14.2. The summed E-state index contributed by atoms with van der Waals surface area (Å²) < 4.78 is 51.7. The van der Waals surface area contributed by atoms with Crippen molar-refractivity contribution >= 4 is 31.6 Å². The topological polar surface area (TPSA) is 77.5 Å². The van der Waals surface area contributed by atoms with E-state index in [1.165, 1.54) is 55.9 Å². The number of thiazole rings is 1. The molecule has 0 amide bonds. The number of hydrogen-bond acceptors (Lipinski definition) is 6. The Morgan fingerprint density at radius 3 is 2.62 bits per heavy atom. The third-order valence-corrected chi connectivity index (χ3v) is 6.25. The van der Waals surface area contributed by atoms with Crippen LogP contribution in [0.1, 0.15) is 5.01 Å². The first-order valence-corrected chi connectivity index (χ1v) is 9.99. The number of ether oxygens (including phenoxy) is 2. The Morgan fingerprint density at radius 1 is 1.12 bits per heavy atom. The average molecular weight is 396 g/mol. The van der Waals surface area contributed by atoms with Crippen LogP contribution in [0.5, 0.6) is 11.5 Å². The minimum Gasteiger partial charge on any atom is -0.493 e. The van der Waals surface area contributed by atoms with Gasteiger partial charge >= 0.3 is 0 Å². The molecule has 0 saturated heterocycles. The molecule has 0 aliphatic heterocycles. The Bertz CT molecular complexity index is 1030. The summed E-state index contributed by atoms with van der Waals surface area (Å²) in [6.07, 6.45) is 0.410. The van der Waals surface area contributed by atoms with E-state index in [1.807, 2.05) is 0 Å². The van der Waals surface area contributed by atoms with Gasteiger partial charge in [-0.15, -0.1) is 11.3 Å². The van der Waals surface area contributed by atoms with E-state index >= 15 is 0 Å². The second-order valence-corrected chi connectivity index (χ2v) is 8.27. The third kappa shape index (κ3) is 3.95. The molecule has 0 bridgehead atoms. The minimum atomic E-state index is -3.69. The molecule has 9 heteroatoms. The number of aromatic nitrogens is 1. The molecular weight excluding hydrogens is 379 g/mol. The van der Waals surface area contributed by atoms with E-state index < -0.39 is 10.0 Å². The van der Waals surface area contributed by atoms with Crippen molar-refractivity contribution in [2.45, 2.75) is 11.3 Å². The van der Waals surface area contributed by atoms with E-state index in [1.54, 1.807) is 6.07 Å². The van der Waals surface area contributed by atoms with Crippen LogP contribution < -0.4 is 14.2 Å². The Hall–Kier alpha value is -2.23. The molecule has 1 aromatic heterocycles. The molecular formula is C17H17FN2O4S2. The number of methoxy groups -OCH3 is 2. The molecule has 2 aromatic carbocycles. The molecule has 3 aromatic rings. The van der Waals surface area contributed by atoms with Gasteiger partial charge < -0.3 is 9.47 Å². The molecule has 0 aliphatic rings. The normalized spacial score (nSPS) is 11.7. The summed E-state index contributed by atoms with van der Waals surface area (Å²) in [5.41, 5.74) is 0.577. The van der Waals surface area contributed by atoms with Crippen LogP contribution in [-0.2, 0) is 16.4 Å². The third-order valence-electron chi connectivity index (χ3n) is 3.69. The second kappa shape index (κ2) is 7.56. The van der Waals surface area contributed by atoms with Crippen molar-refractivity contribution in [3.63, 3.8) is 0 Å². The van der Waals surface area contributed by atoms with Gasteiger partial charge in [-0.05, 0) is 24.3 Å². The summed E-state index contributed by atoms with van der Waals surface area (Å²) in [5, 5.41) is 0.737. The Labute approximate surface area is 154 Å². The highest BCUT2D eigenvalue weighted by atomic mass is 32.2. The average Bonchev–Trinajstić information content (AvgIpc) is 3.02. The van der Waals surface area contributed by atoms with Crippen molar-refractivity contribution in [3.05, 3.63) is 47.2 Å². The predicted molar refractivity (Wildman–Crippen MR) is 98.0 cm³/mol. The van der Waals surface area contributed by atoms with Gasteiger partial charge in [0.25, 0.3) is 0 Å². The highest BCUT2D eigenvalue weighted by Crippen LogP contribution is 2.29. The van der Waals surface area contributed by atoms with Crippen LogP contribution in [0.4, 0.5) is 4.39 Å². The number of sulfonamides is 1. The van der Waals surface area contributed by atoms with Crippen molar-refractivity contribution in [3.8, 4) is 11.5 Å². The predicted octanol–water partition coefficient (Wildman–Crippen LogP) is 2.97. The molecule has 0 saturated carbocycles. The highest BCUT2D eigenvalue weighted by Gasteiger charge is 2.17. The zero-order valence-corrected chi connectivity index (χ0v) is 15.8. The van der Waals surface area contributed by atoms with Gasteiger partial charge in [-0.1, -0.05) is 0 Å². The molecule has 0 atom stereocenters.